The molecule has 0 aromatic heterocycles. The topological polar surface area (TPSA) is 46.3 Å². The monoisotopic (exact) mass is 190 g/mol. The number of primary amides is 1. The van der Waals surface area contributed by atoms with Crippen LogP contribution in [0.25, 0.3) is 0 Å². The van der Waals surface area contributed by atoms with Gasteiger partial charge in [-0.15, -0.1) is 12.4 Å². The number of rotatable bonds is 2. The third-order valence-electron chi connectivity index (χ3n) is 2.64. The Morgan fingerprint density at radius 3 is 2.50 bits per heavy atom. The van der Waals surface area contributed by atoms with Crippen molar-refractivity contribution in [3.8, 4) is 0 Å². The van der Waals surface area contributed by atoms with E-state index in [1.165, 1.54) is 12.8 Å². The zero-order valence-electron chi connectivity index (χ0n) is 7.03. The van der Waals surface area contributed by atoms with Crippen LogP contribution in [0.4, 0.5) is 0 Å². The highest BCUT2D eigenvalue weighted by Gasteiger charge is 2.38. The van der Waals surface area contributed by atoms with Crippen molar-refractivity contribution in [2.24, 2.45) is 5.73 Å². The molecule has 1 aliphatic carbocycles. The number of carbonyl (C=O) groups is 1. The first-order chi connectivity index (χ1) is 5.29. The Labute approximate surface area is 78.7 Å². The van der Waals surface area contributed by atoms with Crippen molar-refractivity contribution in [3.63, 3.8) is 0 Å². The summed E-state index contributed by atoms with van der Waals surface area (Å²) in [7, 11) is 0. The normalized spacial score (nSPS) is 29.8. The van der Waals surface area contributed by atoms with E-state index in [0.717, 1.165) is 19.4 Å². The van der Waals surface area contributed by atoms with Crippen LogP contribution in [0.3, 0.4) is 0 Å². The lowest BCUT2D eigenvalue weighted by Gasteiger charge is -2.20. The van der Waals surface area contributed by atoms with E-state index in [0.29, 0.717) is 6.04 Å². The first-order valence-electron chi connectivity index (χ1n) is 4.34. The molecule has 1 unspecified atom stereocenters. The first kappa shape index (κ1) is 9.81. The van der Waals surface area contributed by atoms with Crippen molar-refractivity contribution in [1.29, 1.82) is 0 Å². The zero-order valence-corrected chi connectivity index (χ0v) is 7.85. The van der Waals surface area contributed by atoms with Gasteiger partial charge in [0, 0.05) is 6.04 Å². The molecular weight excluding hydrogens is 176 g/mol. The largest absolute Gasteiger partial charge is 0.368 e. The number of halogens is 1. The van der Waals surface area contributed by atoms with Crippen LogP contribution < -0.4 is 5.73 Å². The molecule has 1 aliphatic heterocycles. The maximum absolute atomic E-state index is 10.9. The van der Waals surface area contributed by atoms with Crippen LogP contribution in [0.5, 0.6) is 0 Å². The third kappa shape index (κ3) is 1.72. The fraction of sp³-hybridized carbons (Fsp3) is 0.875. The molecule has 3 nitrogen and oxygen atoms in total. The highest BCUT2D eigenvalue weighted by molar-refractivity contribution is 5.85. The smallest absolute Gasteiger partial charge is 0.234 e. The van der Waals surface area contributed by atoms with Gasteiger partial charge in [-0.3, -0.25) is 9.69 Å². The maximum Gasteiger partial charge on any atom is 0.234 e. The minimum Gasteiger partial charge on any atom is -0.368 e. The standard InChI is InChI=1S/C8H14N2O.ClH/c9-8(11)7-2-1-5-10(7)6-3-4-6;/h6-7H,1-5H2,(H2,9,11);1H. The average Bonchev–Trinajstić information content (AvgIpc) is 2.68. The number of nitrogens with two attached hydrogens (primary N) is 1. The van der Waals surface area contributed by atoms with Crippen molar-refractivity contribution >= 4 is 18.3 Å². The van der Waals surface area contributed by atoms with Crippen LogP contribution >= 0.6 is 12.4 Å². The molecule has 1 amide bonds. The molecule has 0 aromatic rings. The van der Waals surface area contributed by atoms with E-state index in [-0.39, 0.29) is 24.4 Å². The molecule has 1 atom stereocenters. The summed E-state index contributed by atoms with van der Waals surface area (Å²) < 4.78 is 0. The van der Waals surface area contributed by atoms with Gasteiger partial charge in [-0.05, 0) is 32.2 Å². The van der Waals surface area contributed by atoms with Crippen molar-refractivity contribution < 1.29 is 4.79 Å². The average molecular weight is 191 g/mol. The second-order valence-electron chi connectivity index (χ2n) is 3.53. The summed E-state index contributed by atoms with van der Waals surface area (Å²) in [5, 5.41) is 0. The molecule has 12 heavy (non-hydrogen) atoms. The maximum atomic E-state index is 10.9. The van der Waals surface area contributed by atoms with Crippen LogP contribution in [-0.2, 0) is 4.79 Å². The molecule has 4 heteroatoms. The van der Waals surface area contributed by atoms with E-state index in [2.05, 4.69) is 4.90 Å². The SMILES string of the molecule is Cl.NC(=O)C1CCCN1C1CC1. The van der Waals surface area contributed by atoms with Gasteiger partial charge < -0.3 is 5.73 Å². The van der Waals surface area contributed by atoms with Gasteiger partial charge in [-0.1, -0.05) is 0 Å². The van der Waals surface area contributed by atoms with E-state index in [4.69, 9.17) is 5.73 Å². The lowest BCUT2D eigenvalue weighted by Crippen LogP contribution is -2.41. The molecule has 0 bridgehead atoms. The Hall–Kier alpha value is -0.280. The highest BCUT2D eigenvalue weighted by Crippen LogP contribution is 2.32. The van der Waals surface area contributed by atoms with Crippen molar-refractivity contribution in [1.82, 2.24) is 4.90 Å². The first-order valence-corrected chi connectivity index (χ1v) is 4.34. The third-order valence-corrected chi connectivity index (χ3v) is 2.64. The van der Waals surface area contributed by atoms with Crippen LogP contribution in [0.1, 0.15) is 25.7 Å². The van der Waals surface area contributed by atoms with E-state index in [1.807, 2.05) is 0 Å². The Balaban J connectivity index is 0.000000720. The van der Waals surface area contributed by atoms with Crippen molar-refractivity contribution in [2.45, 2.75) is 37.8 Å². The Bertz CT molecular complexity index is 182. The van der Waals surface area contributed by atoms with E-state index >= 15 is 0 Å². The van der Waals surface area contributed by atoms with Gasteiger partial charge in [0.15, 0.2) is 0 Å². The number of hydrogen-bond acceptors (Lipinski definition) is 2. The van der Waals surface area contributed by atoms with Gasteiger partial charge in [0.1, 0.15) is 0 Å². The molecule has 2 N–H and O–H groups in total. The van der Waals surface area contributed by atoms with Crippen molar-refractivity contribution in [3.05, 3.63) is 0 Å². The predicted molar refractivity (Wildman–Crippen MR) is 49.2 cm³/mol. The molecule has 1 heterocycles. The molecule has 0 spiro atoms. The van der Waals surface area contributed by atoms with Crippen LogP contribution in [0, 0.1) is 0 Å². The second-order valence-corrected chi connectivity index (χ2v) is 3.53. The lowest BCUT2D eigenvalue weighted by atomic mass is 10.2. The summed E-state index contributed by atoms with van der Waals surface area (Å²) in [4.78, 5) is 13.2. The summed E-state index contributed by atoms with van der Waals surface area (Å²) in [5.41, 5.74) is 5.27. The van der Waals surface area contributed by atoms with Crippen molar-refractivity contribution in [2.75, 3.05) is 6.54 Å². The van der Waals surface area contributed by atoms with Crippen LogP contribution in [0.15, 0.2) is 0 Å². The van der Waals surface area contributed by atoms with Gasteiger partial charge in [0.05, 0.1) is 6.04 Å². The number of hydrogen-bond donors (Lipinski definition) is 1. The zero-order chi connectivity index (χ0) is 7.84. The Morgan fingerprint density at radius 1 is 1.33 bits per heavy atom. The van der Waals surface area contributed by atoms with Gasteiger partial charge in [-0.2, -0.15) is 0 Å². The van der Waals surface area contributed by atoms with Gasteiger partial charge in [-0.25, -0.2) is 0 Å². The van der Waals surface area contributed by atoms with Crippen LogP contribution in [-0.4, -0.2) is 29.4 Å². The molecule has 0 aromatic carbocycles. The number of amides is 1. The van der Waals surface area contributed by atoms with E-state index < -0.39 is 0 Å². The van der Waals surface area contributed by atoms with E-state index in [9.17, 15) is 4.79 Å². The molecule has 2 fully saturated rings. The molecule has 1 saturated carbocycles. The second kappa shape index (κ2) is 3.62. The lowest BCUT2D eigenvalue weighted by molar-refractivity contribution is -0.122. The summed E-state index contributed by atoms with van der Waals surface area (Å²) in [5.74, 6) is -0.130. The molecule has 2 rings (SSSR count). The molecule has 70 valence electrons. The van der Waals surface area contributed by atoms with Crippen LogP contribution in [0.2, 0.25) is 0 Å². The van der Waals surface area contributed by atoms with Gasteiger partial charge >= 0.3 is 0 Å². The van der Waals surface area contributed by atoms with Gasteiger partial charge in [0.2, 0.25) is 5.91 Å². The molecular formula is C8H15ClN2O. The van der Waals surface area contributed by atoms with E-state index in [1.54, 1.807) is 0 Å². The molecule has 0 radical (unpaired) electrons. The molecule has 1 saturated heterocycles. The van der Waals surface area contributed by atoms with Gasteiger partial charge in [0.25, 0.3) is 0 Å². The fourth-order valence-corrected chi connectivity index (χ4v) is 1.94. The summed E-state index contributed by atoms with van der Waals surface area (Å²) in [6.07, 6.45) is 4.66. The number of carbonyl (C=O) groups excluding carboxylic acids is 1. The predicted octanol–water partition coefficient (Wildman–Crippen LogP) is 0.520. The summed E-state index contributed by atoms with van der Waals surface area (Å²) in [6.45, 7) is 1.08. The Kier molecular flexibility index (Phi) is 2.96. The number of likely N-dealkylation sites (tertiary alicyclic amines) is 1. The quantitative estimate of drug-likeness (QED) is 0.690. The number of nitrogens with zero attached hydrogens (tertiary/aromatic N) is 1. The summed E-state index contributed by atoms with van der Waals surface area (Å²) >= 11 is 0. The fourth-order valence-electron chi connectivity index (χ4n) is 1.94. The molecule has 2 aliphatic rings. The highest BCUT2D eigenvalue weighted by atomic mass is 35.5. The summed E-state index contributed by atoms with van der Waals surface area (Å²) in [6, 6.07) is 0.748. The minimum atomic E-state index is -0.130. The minimum absolute atomic E-state index is 0. The Morgan fingerprint density at radius 2 is 2.00 bits per heavy atom.